The van der Waals surface area contributed by atoms with Gasteiger partial charge in [-0.2, -0.15) is 0 Å². The molecule has 1 heterocycles. The number of nitrogens with one attached hydrogen (secondary N) is 1. The Bertz CT molecular complexity index is 1010. The predicted octanol–water partition coefficient (Wildman–Crippen LogP) is 3.48. The number of nitrogens with zero attached hydrogens (tertiary/aromatic N) is 2. The zero-order chi connectivity index (χ0) is 19.4. The maximum Gasteiger partial charge on any atom is 0.272 e. The summed E-state index contributed by atoms with van der Waals surface area (Å²) >= 11 is 0. The van der Waals surface area contributed by atoms with E-state index >= 15 is 0 Å². The lowest BCUT2D eigenvalue weighted by molar-refractivity contribution is 0.0938. The van der Waals surface area contributed by atoms with E-state index in [1.165, 1.54) is 5.56 Å². The molecular formula is C22H25N3O2. The van der Waals surface area contributed by atoms with Crippen LogP contribution < -0.4 is 10.9 Å². The highest BCUT2D eigenvalue weighted by molar-refractivity contribution is 5.97. The minimum absolute atomic E-state index is 0.0627. The van der Waals surface area contributed by atoms with Crippen LogP contribution in [0, 0.1) is 6.92 Å². The van der Waals surface area contributed by atoms with Gasteiger partial charge in [-0.25, -0.2) is 4.98 Å². The molecule has 2 aromatic carbocycles. The number of hydrogen-bond acceptors (Lipinski definition) is 3. The number of fused-ring (bicyclic) bond motifs is 1. The molecule has 0 aliphatic rings. The molecular weight excluding hydrogens is 338 g/mol. The van der Waals surface area contributed by atoms with Crippen molar-refractivity contribution in [3.8, 4) is 0 Å². The summed E-state index contributed by atoms with van der Waals surface area (Å²) in [7, 11) is 0. The highest BCUT2D eigenvalue weighted by Crippen LogP contribution is 2.14. The SMILES string of the molecule is CCn1c(=O)c(C)nc2cc(C(=O)N[C@@H](C)CCc3ccccc3)ccc21. The topological polar surface area (TPSA) is 64.0 Å². The second-order valence-electron chi connectivity index (χ2n) is 6.85. The van der Waals surface area contributed by atoms with Crippen LogP contribution in [0.15, 0.2) is 53.3 Å². The van der Waals surface area contributed by atoms with Crippen molar-refractivity contribution < 1.29 is 4.79 Å². The van der Waals surface area contributed by atoms with Crippen molar-refractivity contribution in [2.24, 2.45) is 0 Å². The summed E-state index contributed by atoms with van der Waals surface area (Å²) in [4.78, 5) is 29.2. The van der Waals surface area contributed by atoms with Crippen LogP contribution in [-0.4, -0.2) is 21.5 Å². The molecule has 0 aliphatic heterocycles. The highest BCUT2D eigenvalue weighted by atomic mass is 16.1. The third-order valence-corrected chi connectivity index (χ3v) is 4.77. The molecule has 5 nitrogen and oxygen atoms in total. The number of carbonyl (C=O) groups is 1. The smallest absolute Gasteiger partial charge is 0.272 e. The Morgan fingerprint density at radius 2 is 1.93 bits per heavy atom. The molecule has 0 spiro atoms. The van der Waals surface area contributed by atoms with Crippen LogP contribution in [0.3, 0.4) is 0 Å². The molecule has 1 atom stereocenters. The number of hydrogen-bond donors (Lipinski definition) is 1. The van der Waals surface area contributed by atoms with E-state index in [1.54, 1.807) is 29.7 Å². The zero-order valence-electron chi connectivity index (χ0n) is 16.0. The van der Waals surface area contributed by atoms with Crippen molar-refractivity contribution in [3.63, 3.8) is 0 Å². The van der Waals surface area contributed by atoms with Crippen LogP contribution in [0.25, 0.3) is 11.0 Å². The fourth-order valence-electron chi connectivity index (χ4n) is 3.24. The quantitative estimate of drug-likeness (QED) is 0.729. The molecule has 140 valence electrons. The van der Waals surface area contributed by atoms with Crippen LogP contribution in [-0.2, 0) is 13.0 Å². The lowest BCUT2D eigenvalue weighted by Gasteiger charge is -2.15. The van der Waals surface area contributed by atoms with Gasteiger partial charge in [0.05, 0.1) is 11.0 Å². The van der Waals surface area contributed by atoms with Crippen LogP contribution in [0.4, 0.5) is 0 Å². The Hall–Kier alpha value is -2.95. The van der Waals surface area contributed by atoms with Gasteiger partial charge in [-0.1, -0.05) is 30.3 Å². The van der Waals surface area contributed by atoms with Crippen molar-refractivity contribution in [1.29, 1.82) is 0 Å². The molecule has 0 saturated carbocycles. The van der Waals surface area contributed by atoms with Crippen molar-refractivity contribution in [2.75, 3.05) is 0 Å². The summed E-state index contributed by atoms with van der Waals surface area (Å²) in [6.07, 6.45) is 1.79. The maximum atomic E-state index is 12.6. The Kier molecular flexibility index (Phi) is 5.69. The molecule has 0 saturated heterocycles. The first kappa shape index (κ1) is 18.8. The Morgan fingerprint density at radius 3 is 2.63 bits per heavy atom. The van der Waals surface area contributed by atoms with Crippen molar-refractivity contribution in [1.82, 2.24) is 14.9 Å². The van der Waals surface area contributed by atoms with Crippen LogP contribution in [0.5, 0.6) is 0 Å². The summed E-state index contributed by atoms with van der Waals surface area (Å²) in [6, 6.07) is 15.6. The van der Waals surface area contributed by atoms with Gasteiger partial charge in [0.15, 0.2) is 0 Å². The van der Waals surface area contributed by atoms with Gasteiger partial charge < -0.3 is 9.88 Å². The Morgan fingerprint density at radius 1 is 1.19 bits per heavy atom. The minimum Gasteiger partial charge on any atom is -0.350 e. The highest BCUT2D eigenvalue weighted by Gasteiger charge is 2.13. The normalized spacial score (nSPS) is 12.1. The van der Waals surface area contributed by atoms with E-state index < -0.39 is 0 Å². The number of benzene rings is 2. The molecule has 3 aromatic rings. The molecule has 3 rings (SSSR count). The molecule has 27 heavy (non-hydrogen) atoms. The van der Waals surface area contributed by atoms with Gasteiger partial charge in [0.25, 0.3) is 11.5 Å². The first-order valence-electron chi connectivity index (χ1n) is 9.35. The lowest BCUT2D eigenvalue weighted by atomic mass is 10.1. The number of amides is 1. The number of aryl methyl sites for hydroxylation is 3. The van der Waals surface area contributed by atoms with Gasteiger partial charge in [0.1, 0.15) is 5.69 Å². The molecule has 5 heteroatoms. The van der Waals surface area contributed by atoms with Crippen molar-refractivity contribution in [3.05, 3.63) is 75.7 Å². The maximum absolute atomic E-state index is 12.6. The van der Waals surface area contributed by atoms with E-state index in [0.29, 0.717) is 23.3 Å². The van der Waals surface area contributed by atoms with Crippen LogP contribution >= 0.6 is 0 Å². The van der Waals surface area contributed by atoms with E-state index in [9.17, 15) is 9.59 Å². The molecule has 0 radical (unpaired) electrons. The zero-order valence-corrected chi connectivity index (χ0v) is 16.0. The first-order chi connectivity index (χ1) is 13.0. The van der Waals surface area contributed by atoms with Crippen LogP contribution in [0.2, 0.25) is 0 Å². The molecule has 1 aromatic heterocycles. The molecule has 0 bridgehead atoms. The summed E-state index contributed by atoms with van der Waals surface area (Å²) in [6.45, 7) is 6.21. The number of carbonyl (C=O) groups excluding carboxylic acids is 1. The largest absolute Gasteiger partial charge is 0.350 e. The van der Waals surface area contributed by atoms with E-state index in [1.807, 2.05) is 32.0 Å². The summed E-state index contributed by atoms with van der Waals surface area (Å²) in [5, 5.41) is 3.05. The molecule has 0 fully saturated rings. The molecule has 0 unspecified atom stereocenters. The fraction of sp³-hybridized carbons (Fsp3) is 0.318. The summed E-state index contributed by atoms with van der Waals surface area (Å²) in [5.41, 5.74) is 3.60. The van der Waals surface area contributed by atoms with Gasteiger partial charge in [0.2, 0.25) is 0 Å². The van der Waals surface area contributed by atoms with Gasteiger partial charge in [-0.3, -0.25) is 9.59 Å². The lowest BCUT2D eigenvalue weighted by Crippen LogP contribution is -2.33. The Balaban J connectivity index is 1.73. The third-order valence-electron chi connectivity index (χ3n) is 4.77. The average Bonchev–Trinajstić information content (AvgIpc) is 2.68. The minimum atomic E-state index is -0.119. The fourth-order valence-corrected chi connectivity index (χ4v) is 3.24. The van der Waals surface area contributed by atoms with Gasteiger partial charge in [0, 0.05) is 18.2 Å². The summed E-state index contributed by atoms with van der Waals surface area (Å²) in [5.74, 6) is -0.119. The molecule has 1 N–H and O–H groups in total. The Labute approximate surface area is 159 Å². The predicted molar refractivity (Wildman–Crippen MR) is 108 cm³/mol. The van der Waals surface area contributed by atoms with E-state index in [0.717, 1.165) is 18.4 Å². The van der Waals surface area contributed by atoms with Gasteiger partial charge >= 0.3 is 0 Å². The third kappa shape index (κ3) is 4.25. The summed E-state index contributed by atoms with van der Waals surface area (Å²) < 4.78 is 1.68. The van der Waals surface area contributed by atoms with Crippen molar-refractivity contribution >= 4 is 16.9 Å². The van der Waals surface area contributed by atoms with E-state index in [-0.39, 0.29) is 17.5 Å². The molecule has 0 aliphatic carbocycles. The standard InChI is InChI=1S/C22H25N3O2/c1-4-25-20-13-12-18(14-19(20)24-16(3)22(25)27)21(26)23-15(2)10-11-17-8-6-5-7-9-17/h5-9,12-15H,4,10-11H2,1-3H3,(H,23,26)/t15-/m0/s1. The first-order valence-corrected chi connectivity index (χ1v) is 9.35. The van der Waals surface area contributed by atoms with Crippen LogP contribution in [0.1, 0.15) is 41.9 Å². The van der Waals surface area contributed by atoms with E-state index in [4.69, 9.17) is 0 Å². The van der Waals surface area contributed by atoms with Crippen molar-refractivity contribution in [2.45, 2.75) is 46.2 Å². The van der Waals surface area contributed by atoms with E-state index in [2.05, 4.69) is 22.4 Å². The second kappa shape index (κ2) is 8.16. The monoisotopic (exact) mass is 363 g/mol. The van der Waals surface area contributed by atoms with Gasteiger partial charge in [-0.15, -0.1) is 0 Å². The second-order valence-corrected chi connectivity index (χ2v) is 6.85. The molecule has 1 amide bonds. The number of aromatic nitrogens is 2. The van der Waals surface area contributed by atoms with Gasteiger partial charge in [-0.05, 0) is 57.4 Å². The number of rotatable bonds is 6. The average molecular weight is 363 g/mol.